The van der Waals surface area contributed by atoms with Crippen LogP contribution in [0.1, 0.15) is 31.7 Å². The van der Waals surface area contributed by atoms with Gasteiger partial charge in [-0.1, -0.05) is 0 Å². The number of rotatable bonds is 8. The fraction of sp³-hybridized carbons (Fsp3) is 0.692. The maximum atomic E-state index is 11.3. The highest BCUT2D eigenvalue weighted by Gasteiger charge is 2.14. The number of aromatic nitrogens is 2. The molecule has 19 heavy (non-hydrogen) atoms. The Morgan fingerprint density at radius 3 is 2.95 bits per heavy atom. The van der Waals surface area contributed by atoms with Crippen molar-refractivity contribution in [3.8, 4) is 0 Å². The van der Waals surface area contributed by atoms with E-state index in [1.165, 1.54) is 5.69 Å². The third-order valence-corrected chi connectivity index (χ3v) is 3.72. The summed E-state index contributed by atoms with van der Waals surface area (Å²) in [6.07, 6.45) is 0.642. The Balaban J connectivity index is 2.28. The van der Waals surface area contributed by atoms with E-state index >= 15 is 0 Å². The Bertz CT molecular complexity index is 407. The van der Waals surface area contributed by atoms with E-state index in [1.54, 1.807) is 18.7 Å². The quantitative estimate of drug-likeness (QED) is 0.582. The van der Waals surface area contributed by atoms with Gasteiger partial charge < -0.3 is 10.5 Å². The standard InChI is InChI=1S/C13H23N3O2S/c1-4-16-11(8-10(3)15-16)9-19-7-6-12(14)13(17)18-5-2/h8,12H,4-7,9,14H2,1-3H3. The van der Waals surface area contributed by atoms with Crippen LogP contribution in [-0.2, 0) is 21.8 Å². The van der Waals surface area contributed by atoms with Crippen molar-refractivity contribution in [2.24, 2.45) is 5.73 Å². The van der Waals surface area contributed by atoms with E-state index < -0.39 is 6.04 Å². The molecule has 0 bridgehead atoms. The molecule has 2 N–H and O–H groups in total. The van der Waals surface area contributed by atoms with Gasteiger partial charge in [0.15, 0.2) is 0 Å². The molecule has 0 radical (unpaired) electrons. The molecule has 1 atom stereocenters. The number of carbonyl (C=O) groups excluding carboxylic acids is 1. The number of aryl methyl sites for hydroxylation is 2. The van der Waals surface area contributed by atoms with Gasteiger partial charge in [0.25, 0.3) is 0 Å². The lowest BCUT2D eigenvalue weighted by Gasteiger charge is -2.10. The first-order valence-corrected chi connectivity index (χ1v) is 7.77. The van der Waals surface area contributed by atoms with Crippen molar-refractivity contribution in [2.45, 2.75) is 45.5 Å². The molecule has 0 fully saturated rings. The van der Waals surface area contributed by atoms with Crippen LogP contribution in [0.2, 0.25) is 0 Å². The van der Waals surface area contributed by atoms with E-state index in [0.29, 0.717) is 13.0 Å². The molecule has 0 aromatic carbocycles. The van der Waals surface area contributed by atoms with Gasteiger partial charge in [-0.05, 0) is 39.0 Å². The van der Waals surface area contributed by atoms with Gasteiger partial charge in [-0.15, -0.1) is 0 Å². The van der Waals surface area contributed by atoms with Crippen LogP contribution in [0, 0.1) is 6.92 Å². The molecule has 0 aliphatic heterocycles. The molecule has 0 aliphatic rings. The zero-order valence-corrected chi connectivity index (χ0v) is 12.7. The summed E-state index contributed by atoms with van der Waals surface area (Å²) >= 11 is 1.76. The lowest BCUT2D eigenvalue weighted by molar-refractivity contribution is -0.144. The van der Waals surface area contributed by atoms with Crippen LogP contribution < -0.4 is 5.73 Å². The fourth-order valence-electron chi connectivity index (χ4n) is 1.74. The minimum Gasteiger partial charge on any atom is -0.465 e. The van der Waals surface area contributed by atoms with Gasteiger partial charge in [0.2, 0.25) is 0 Å². The van der Waals surface area contributed by atoms with Gasteiger partial charge in [-0.3, -0.25) is 9.48 Å². The van der Waals surface area contributed by atoms with Gasteiger partial charge >= 0.3 is 5.97 Å². The van der Waals surface area contributed by atoms with Crippen LogP contribution in [0.4, 0.5) is 0 Å². The Kier molecular flexibility index (Phi) is 6.94. The van der Waals surface area contributed by atoms with E-state index in [-0.39, 0.29) is 5.97 Å². The first kappa shape index (κ1) is 16.0. The Labute approximate surface area is 118 Å². The smallest absolute Gasteiger partial charge is 0.322 e. The summed E-state index contributed by atoms with van der Waals surface area (Å²) in [5.74, 6) is 1.43. The van der Waals surface area contributed by atoms with Crippen LogP contribution in [0.25, 0.3) is 0 Å². The highest BCUT2D eigenvalue weighted by Crippen LogP contribution is 2.15. The summed E-state index contributed by atoms with van der Waals surface area (Å²) in [4.78, 5) is 11.3. The molecule has 1 heterocycles. The number of hydrogen-bond donors (Lipinski definition) is 1. The van der Waals surface area contributed by atoms with Gasteiger partial charge in [-0.25, -0.2) is 0 Å². The molecule has 1 aromatic heterocycles. The Morgan fingerprint density at radius 1 is 1.58 bits per heavy atom. The molecule has 5 nitrogen and oxygen atoms in total. The summed E-state index contributed by atoms with van der Waals surface area (Å²) in [7, 11) is 0. The second-order valence-corrected chi connectivity index (χ2v) is 5.40. The van der Waals surface area contributed by atoms with Crippen LogP contribution in [0.5, 0.6) is 0 Å². The topological polar surface area (TPSA) is 70.1 Å². The number of ether oxygens (including phenoxy) is 1. The van der Waals surface area contributed by atoms with Crippen molar-refractivity contribution >= 4 is 17.7 Å². The van der Waals surface area contributed by atoms with E-state index in [2.05, 4.69) is 18.1 Å². The third-order valence-electron chi connectivity index (χ3n) is 2.70. The van der Waals surface area contributed by atoms with Crippen molar-refractivity contribution in [3.05, 3.63) is 17.5 Å². The van der Waals surface area contributed by atoms with E-state index in [0.717, 1.165) is 23.7 Å². The molecule has 1 unspecified atom stereocenters. The van der Waals surface area contributed by atoms with Crippen molar-refractivity contribution in [1.29, 1.82) is 0 Å². The molecule has 108 valence electrons. The van der Waals surface area contributed by atoms with Gasteiger partial charge in [0, 0.05) is 18.0 Å². The van der Waals surface area contributed by atoms with E-state index in [4.69, 9.17) is 10.5 Å². The highest BCUT2D eigenvalue weighted by atomic mass is 32.2. The third kappa shape index (κ3) is 5.24. The number of carbonyl (C=O) groups is 1. The number of hydrogen-bond acceptors (Lipinski definition) is 5. The van der Waals surface area contributed by atoms with Crippen LogP contribution >= 0.6 is 11.8 Å². The van der Waals surface area contributed by atoms with Crippen molar-refractivity contribution in [1.82, 2.24) is 9.78 Å². The van der Waals surface area contributed by atoms with Gasteiger partial charge in [0.1, 0.15) is 6.04 Å². The zero-order chi connectivity index (χ0) is 14.3. The first-order valence-electron chi connectivity index (χ1n) is 6.61. The average molecular weight is 285 g/mol. The summed E-state index contributed by atoms with van der Waals surface area (Å²) < 4.78 is 6.88. The predicted octanol–water partition coefficient (Wildman–Crippen LogP) is 1.73. The number of thioether (sulfide) groups is 1. The predicted molar refractivity (Wildman–Crippen MR) is 78.0 cm³/mol. The number of nitrogens with zero attached hydrogens (tertiary/aromatic N) is 2. The van der Waals surface area contributed by atoms with Crippen LogP contribution in [0.15, 0.2) is 6.07 Å². The maximum Gasteiger partial charge on any atom is 0.322 e. The molecule has 0 spiro atoms. The number of esters is 1. The second kappa shape index (κ2) is 8.22. The molecule has 0 saturated carbocycles. The molecular weight excluding hydrogens is 262 g/mol. The minimum absolute atomic E-state index is 0.308. The largest absolute Gasteiger partial charge is 0.465 e. The second-order valence-electron chi connectivity index (χ2n) is 4.29. The van der Waals surface area contributed by atoms with Gasteiger partial charge in [-0.2, -0.15) is 16.9 Å². The molecule has 0 amide bonds. The van der Waals surface area contributed by atoms with Gasteiger partial charge in [0.05, 0.1) is 12.3 Å². The van der Waals surface area contributed by atoms with Crippen LogP contribution in [-0.4, -0.2) is 34.2 Å². The van der Waals surface area contributed by atoms with E-state index in [1.807, 2.05) is 11.6 Å². The monoisotopic (exact) mass is 285 g/mol. The number of nitrogens with two attached hydrogens (primary N) is 1. The first-order chi connectivity index (χ1) is 9.08. The summed E-state index contributed by atoms with van der Waals surface area (Å²) in [6, 6.07) is 1.59. The normalized spacial score (nSPS) is 12.4. The van der Waals surface area contributed by atoms with Crippen molar-refractivity contribution in [2.75, 3.05) is 12.4 Å². The maximum absolute atomic E-state index is 11.3. The Morgan fingerprint density at radius 2 is 2.32 bits per heavy atom. The molecular formula is C13H23N3O2S. The van der Waals surface area contributed by atoms with E-state index in [9.17, 15) is 4.79 Å². The minimum atomic E-state index is -0.509. The molecule has 1 rings (SSSR count). The lowest BCUT2D eigenvalue weighted by atomic mass is 10.2. The SMILES string of the molecule is CCOC(=O)C(N)CCSCc1cc(C)nn1CC. The highest BCUT2D eigenvalue weighted by molar-refractivity contribution is 7.98. The van der Waals surface area contributed by atoms with Crippen molar-refractivity contribution < 1.29 is 9.53 Å². The molecule has 0 aliphatic carbocycles. The van der Waals surface area contributed by atoms with Crippen LogP contribution in [0.3, 0.4) is 0 Å². The molecule has 0 saturated heterocycles. The molecule has 6 heteroatoms. The summed E-state index contributed by atoms with van der Waals surface area (Å²) in [5, 5.41) is 4.40. The molecule has 1 aromatic rings. The zero-order valence-electron chi connectivity index (χ0n) is 11.9. The Hall–Kier alpha value is -1.01. The summed E-state index contributed by atoms with van der Waals surface area (Å²) in [5.41, 5.74) is 8.00. The lowest BCUT2D eigenvalue weighted by Crippen LogP contribution is -2.32. The van der Waals surface area contributed by atoms with Crippen molar-refractivity contribution in [3.63, 3.8) is 0 Å². The average Bonchev–Trinajstić information content (AvgIpc) is 2.75. The fourth-order valence-corrected chi connectivity index (χ4v) is 2.75. The summed E-state index contributed by atoms with van der Waals surface area (Å²) in [6.45, 7) is 7.13.